The minimum atomic E-state index is 0.448. The van der Waals surface area contributed by atoms with E-state index in [2.05, 4.69) is 26.1 Å². The predicted molar refractivity (Wildman–Crippen MR) is 55.0 cm³/mol. The summed E-state index contributed by atoms with van der Waals surface area (Å²) in [7, 11) is 0. The zero-order valence-electron chi connectivity index (χ0n) is 7.90. The van der Waals surface area contributed by atoms with Crippen LogP contribution in [0, 0.1) is 12.3 Å². The molecule has 1 saturated heterocycles. The molecule has 4 heteroatoms. The van der Waals surface area contributed by atoms with Crippen molar-refractivity contribution in [2.24, 2.45) is 0 Å². The lowest BCUT2D eigenvalue weighted by Crippen LogP contribution is -2.43. The summed E-state index contributed by atoms with van der Waals surface area (Å²) in [5.74, 6) is 2.85. The van der Waals surface area contributed by atoms with Crippen molar-refractivity contribution >= 4 is 5.69 Å². The quantitative estimate of drug-likeness (QED) is 0.623. The van der Waals surface area contributed by atoms with Gasteiger partial charge < -0.3 is 10.2 Å². The molecule has 4 nitrogen and oxygen atoms in total. The maximum atomic E-state index is 5.18. The number of rotatable bonds is 1. The molecule has 0 saturated carbocycles. The summed E-state index contributed by atoms with van der Waals surface area (Å²) in [6.07, 6.45) is 8.75. The average Bonchev–Trinajstić information content (AvgIpc) is 2.30. The Balaban J connectivity index is 2.12. The largest absolute Gasteiger partial charge is 0.366 e. The van der Waals surface area contributed by atoms with Crippen LogP contribution in [0.25, 0.3) is 0 Å². The van der Waals surface area contributed by atoms with Crippen molar-refractivity contribution in [2.75, 3.05) is 31.1 Å². The highest BCUT2D eigenvalue weighted by atomic mass is 15.2. The summed E-state index contributed by atoms with van der Waals surface area (Å²) in [5.41, 5.74) is 1.05. The van der Waals surface area contributed by atoms with Gasteiger partial charge >= 0.3 is 0 Å². The van der Waals surface area contributed by atoms with E-state index in [1.165, 1.54) is 0 Å². The molecule has 1 aromatic heterocycles. The molecule has 2 rings (SSSR count). The van der Waals surface area contributed by atoms with Crippen LogP contribution in [0.3, 0.4) is 0 Å². The highest BCUT2D eigenvalue weighted by Gasteiger charge is 2.10. The fourth-order valence-electron chi connectivity index (χ4n) is 1.48. The molecule has 1 aliphatic rings. The summed E-state index contributed by atoms with van der Waals surface area (Å²) in [6.45, 7) is 4.02. The molecule has 0 aromatic carbocycles. The van der Waals surface area contributed by atoms with Gasteiger partial charge in [-0.1, -0.05) is 0 Å². The minimum absolute atomic E-state index is 0.448. The maximum absolute atomic E-state index is 5.18. The Morgan fingerprint density at radius 2 is 1.93 bits per heavy atom. The molecule has 0 bridgehead atoms. The second-order valence-electron chi connectivity index (χ2n) is 3.15. The lowest BCUT2D eigenvalue weighted by Gasteiger charge is -2.28. The van der Waals surface area contributed by atoms with Crippen molar-refractivity contribution in [1.29, 1.82) is 0 Å². The van der Waals surface area contributed by atoms with Crippen LogP contribution in [-0.4, -0.2) is 36.1 Å². The Labute approximate surface area is 83.4 Å². The Bertz CT molecular complexity index is 332. The van der Waals surface area contributed by atoms with Crippen molar-refractivity contribution in [1.82, 2.24) is 15.3 Å². The normalized spacial score (nSPS) is 16.4. The molecule has 0 unspecified atom stereocenters. The first kappa shape index (κ1) is 8.97. The molecule has 0 aliphatic carbocycles. The van der Waals surface area contributed by atoms with Crippen LogP contribution < -0.4 is 10.2 Å². The SMILES string of the molecule is C#Cc1ncc(N2CCNCC2)cn1. The van der Waals surface area contributed by atoms with Gasteiger partial charge in [-0.05, 0) is 5.92 Å². The molecule has 1 N–H and O–H groups in total. The van der Waals surface area contributed by atoms with E-state index in [9.17, 15) is 0 Å². The second kappa shape index (κ2) is 4.07. The standard InChI is InChI=1S/C10H12N4/c1-2-10-12-7-9(8-13-10)14-5-3-11-4-6-14/h1,7-8,11H,3-6H2. The molecule has 0 amide bonds. The van der Waals surface area contributed by atoms with Crippen LogP contribution in [0.5, 0.6) is 0 Å². The van der Waals surface area contributed by atoms with Gasteiger partial charge in [0, 0.05) is 26.2 Å². The molecule has 2 heterocycles. The lowest BCUT2D eigenvalue weighted by molar-refractivity contribution is 0.588. The molecule has 0 atom stereocenters. The van der Waals surface area contributed by atoms with Gasteiger partial charge in [-0.15, -0.1) is 6.42 Å². The summed E-state index contributed by atoms with van der Waals surface area (Å²) < 4.78 is 0. The summed E-state index contributed by atoms with van der Waals surface area (Å²) in [6, 6.07) is 0. The topological polar surface area (TPSA) is 41.1 Å². The third-order valence-electron chi connectivity index (χ3n) is 2.25. The van der Waals surface area contributed by atoms with E-state index in [-0.39, 0.29) is 0 Å². The first-order chi connectivity index (χ1) is 6.90. The van der Waals surface area contributed by atoms with Gasteiger partial charge in [0.1, 0.15) is 0 Å². The number of hydrogen-bond acceptors (Lipinski definition) is 4. The smallest absolute Gasteiger partial charge is 0.204 e. The molecule has 1 fully saturated rings. The number of nitrogens with one attached hydrogen (secondary N) is 1. The molecular weight excluding hydrogens is 176 g/mol. The van der Waals surface area contributed by atoms with E-state index in [0.717, 1.165) is 31.9 Å². The fourth-order valence-corrected chi connectivity index (χ4v) is 1.48. The zero-order chi connectivity index (χ0) is 9.80. The van der Waals surface area contributed by atoms with E-state index in [1.807, 2.05) is 0 Å². The van der Waals surface area contributed by atoms with Crippen LogP contribution >= 0.6 is 0 Å². The molecule has 72 valence electrons. The average molecular weight is 188 g/mol. The van der Waals surface area contributed by atoms with E-state index in [4.69, 9.17) is 6.42 Å². The summed E-state index contributed by atoms with van der Waals surface area (Å²) >= 11 is 0. The van der Waals surface area contributed by atoms with Gasteiger partial charge in [0.05, 0.1) is 18.1 Å². The number of aromatic nitrogens is 2. The zero-order valence-corrected chi connectivity index (χ0v) is 7.90. The van der Waals surface area contributed by atoms with Gasteiger partial charge in [-0.2, -0.15) is 0 Å². The maximum Gasteiger partial charge on any atom is 0.204 e. The fraction of sp³-hybridized carbons (Fsp3) is 0.400. The van der Waals surface area contributed by atoms with Crippen LogP contribution in [0.1, 0.15) is 5.82 Å². The van der Waals surface area contributed by atoms with Crippen LogP contribution in [0.4, 0.5) is 5.69 Å². The summed E-state index contributed by atoms with van der Waals surface area (Å²) in [5, 5.41) is 3.29. The molecule has 0 radical (unpaired) electrons. The molecule has 1 aliphatic heterocycles. The van der Waals surface area contributed by atoms with Crippen LogP contribution in [-0.2, 0) is 0 Å². The van der Waals surface area contributed by atoms with E-state index >= 15 is 0 Å². The monoisotopic (exact) mass is 188 g/mol. The Morgan fingerprint density at radius 1 is 1.29 bits per heavy atom. The van der Waals surface area contributed by atoms with Crippen LogP contribution in [0.2, 0.25) is 0 Å². The first-order valence-corrected chi connectivity index (χ1v) is 4.64. The number of terminal acetylenes is 1. The third kappa shape index (κ3) is 1.83. The summed E-state index contributed by atoms with van der Waals surface area (Å²) in [4.78, 5) is 10.4. The van der Waals surface area contributed by atoms with Gasteiger partial charge in [-0.25, -0.2) is 9.97 Å². The highest BCUT2D eigenvalue weighted by molar-refractivity contribution is 5.43. The number of piperazine rings is 1. The van der Waals surface area contributed by atoms with Gasteiger partial charge in [0.2, 0.25) is 5.82 Å². The van der Waals surface area contributed by atoms with E-state index < -0.39 is 0 Å². The first-order valence-electron chi connectivity index (χ1n) is 4.64. The molecule has 0 spiro atoms. The van der Waals surface area contributed by atoms with Crippen molar-refractivity contribution in [3.05, 3.63) is 18.2 Å². The number of hydrogen-bond donors (Lipinski definition) is 1. The Morgan fingerprint density at radius 3 is 2.50 bits per heavy atom. The van der Waals surface area contributed by atoms with Gasteiger partial charge in [0.25, 0.3) is 0 Å². The van der Waals surface area contributed by atoms with E-state index in [0.29, 0.717) is 5.82 Å². The number of nitrogens with zero attached hydrogens (tertiary/aromatic N) is 3. The van der Waals surface area contributed by atoms with Crippen LogP contribution in [0.15, 0.2) is 12.4 Å². The van der Waals surface area contributed by atoms with Crippen molar-refractivity contribution in [3.63, 3.8) is 0 Å². The second-order valence-corrected chi connectivity index (χ2v) is 3.15. The van der Waals surface area contributed by atoms with Gasteiger partial charge in [0.15, 0.2) is 0 Å². The van der Waals surface area contributed by atoms with Crippen molar-refractivity contribution < 1.29 is 0 Å². The molecule has 14 heavy (non-hydrogen) atoms. The molecule has 1 aromatic rings. The van der Waals surface area contributed by atoms with Crippen molar-refractivity contribution in [3.8, 4) is 12.3 Å². The van der Waals surface area contributed by atoms with Crippen molar-refractivity contribution in [2.45, 2.75) is 0 Å². The predicted octanol–water partition coefficient (Wildman–Crippen LogP) is -0.133. The minimum Gasteiger partial charge on any atom is -0.366 e. The van der Waals surface area contributed by atoms with E-state index in [1.54, 1.807) is 12.4 Å². The highest BCUT2D eigenvalue weighted by Crippen LogP contribution is 2.10. The Hall–Kier alpha value is -1.60. The Kier molecular flexibility index (Phi) is 2.61. The molecular formula is C10H12N4. The van der Waals surface area contributed by atoms with Gasteiger partial charge in [-0.3, -0.25) is 0 Å². The third-order valence-corrected chi connectivity index (χ3v) is 2.25. The lowest BCUT2D eigenvalue weighted by atomic mass is 10.3. The number of anilines is 1.